The summed E-state index contributed by atoms with van der Waals surface area (Å²) in [6, 6.07) is 1.29. The average Bonchev–Trinajstić information content (AvgIpc) is 2.83. The van der Waals surface area contributed by atoms with Gasteiger partial charge in [0.1, 0.15) is 11.4 Å². The lowest BCUT2D eigenvalue weighted by Crippen LogP contribution is -2.43. The maximum atomic E-state index is 13.0. The van der Waals surface area contributed by atoms with Crippen LogP contribution in [0.1, 0.15) is 26.8 Å². The fraction of sp³-hybridized carbons (Fsp3) is 0.615. The Morgan fingerprint density at radius 1 is 1.53 bits per heavy atom. The van der Waals surface area contributed by atoms with Crippen molar-refractivity contribution < 1.29 is 13.9 Å². The van der Waals surface area contributed by atoms with Crippen molar-refractivity contribution in [3.05, 3.63) is 24.3 Å². The molecule has 1 aromatic rings. The van der Waals surface area contributed by atoms with E-state index in [1.165, 1.54) is 12.3 Å². The number of nitrogens with zero attached hydrogens (tertiary/aromatic N) is 1. The van der Waals surface area contributed by atoms with Gasteiger partial charge in [0.05, 0.1) is 12.1 Å². The molecular weight excluding hydrogens is 249 g/mol. The summed E-state index contributed by atoms with van der Waals surface area (Å²) in [5, 5.41) is 6.01. The summed E-state index contributed by atoms with van der Waals surface area (Å²) in [7, 11) is 0. The Bertz CT molecular complexity index is 453. The maximum absolute atomic E-state index is 13.0. The summed E-state index contributed by atoms with van der Waals surface area (Å²) < 4.78 is 20.0. The number of carbonyl (C=O) groups excluding carboxylic acids is 1. The molecule has 0 aliphatic carbocycles. The summed E-state index contributed by atoms with van der Waals surface area (Å²) >= 11 is 0. The molecule has 1 saturated heterocycles. The van der Waals surface area contributed by atoms with E-state index in [1.54, 1.807) is 10.8 Å². The third-order valence-electron chi connectivity index (χ3n) is 2.95. The Balaban J connectivity index is 1.98. The van der Waals surface area contributed by atoms with Crippen LogP contribution in [0.2, 0.25) is 0 Å². The highest BCUT2D eigenvalue weighted by molar-refractivity contribution is 5.68. The van der Waals surface area contributed by atoms with Crippen molar-refractivity contribution in [2.75, 3.05) is 13.1 Å². The lowest BCUT2D eigenvalue weighted by molar-refractivity contribution is 0.0498. The van der Waals surface area contributed by atoms with Gasteiger partial charge in [-0.3, -0.25) is 0 Å². The predicted molar refractivity (Wildman–Crippen MR) is 69.5 cm³/mol. The van der Waals surface area contributed by atoms with Crippen molar-refractivity contribution in [2.24, 2.45) is 0 Å². The molecule has 19 heavy (non-hydrogen) atoms. The van der Waals surface area contributed by atoms with Gasteiger partial charge in [0.2, 0.25) is 0 Å². The van der Waals surface area contributed by atoms with Gasteiger partial charge in [-0.1, -0.05) is 0 Å². The number of hydrogen-bond acceptors (Lipinski definition) is 3. The first-order valence-electron chi connectivity index (χ1n) is 6.38. The van der Waals surface area contributed by atoms with Crippen LogP contribution in [0.3, 0.4) is 0 Å². The normalized spacial score (nSPS) is 23.4. The van der Waals surface area contributed by atoms with Crippen molar-refractivity contribution in [2.45, 2.75) is 38.5 Å². The lowest BCUT2D eigenvalue weighted by Gasteiger charge is -2.24. The minimum Gasteiger partial charge on any atom is -0.444 e. The van der Waals surface area contributed by atoms with Crippen molar-refractivity contribution >= 4 is 6.09 Å². The van der Waals surface area contributed by atoms with Crippen LogP contribution in [-0.4, -0.2) is 35.4 Å². The molecule has 106 valence electrons. The van der Waals surface area contributed by atoms with Gasteiger partial charge in [-0.05, 0) is 26.8 Å². The molecule has 0 spiro atoms. The summed E-state index contributed by atoms with van der Waals surface area (Å²) in [5.41, 5.74) is -0.523. The fourth-order valence-corrected chi connectivity index (χ4v) is 2.18. The molecule has 0 saturated carbocycles. The summed E-state index contributed by atoms with van der Waals surface area (Å²) in [6.45, 7) is 6.78. The molecule has 1 aromatic heterocycles. The van der Waals surface area contributed by atoms with Gasteiger partial charge in [-0.25, -0.2) is 9.18 Å². The Morgan fingerprint density at radius 2 is 2.26 bits per heavy atom. The van der Waals surface area contributed by atoms with Crippen molar-refractivity contribution in [1.82, 2.24) is 15.2 Å². The number of nitrogens with one attached hydrogen (secondary N) is 2. The maximum Gasteiger partial charge on any atom is 0.407 e. The molecule has 2 atom stereocenters. The molecule has 0 bridgehead atoms. The van der Waals surface area contributed by atoms with Crippen LogP contribution < -0.4 is 10.6 Å². The molecule has 0 radical (unpaired) electrons. The summed E-state index contributed by atoms with van der Waals surface area (Å²) in [5.74, 6) is -0.275. The SMILES string of the molecule is CC(C)(C)OC(=O)N[C@@H]1CNCC1n1ccc(F)c1. The van der Waals surface area contributed by atoms with Gasteiger partial charge < -0.3 is 19.9 Å². The number of halogens is 1. The largest absolute Gasteiger partial charge is 0.444 e. The second-order valence-corrected chi connectivity index (χ2v) is 5.76. The predicted octanol–water partition coefficient (Wildman–Crippen LogP) is 1.66. The van der Waals surface area contributed by atoms with Gasteiger partial charge in [0, 0.05) is 25.5 Å². The molecule has 0 aromatic carbocycles. The smallest absolute Gasteiger partial charge is 0.407 e. The van der Waals surface area contributed by atoms with Gasteiger partial charge >= 0.3 is 6.09 Å². The molecule has 1 unspecified atom stereocenters. The second kappa shape index (κ2) is 5.21. The van der Waals surface area contributed by atoms with E-state index in [1.807, 2.05) is 20.8 Å². The molecule has 5 nitrogen and oxygen atoms in total. The topological polar surface area (TPSA) is 55.3 Å². The van der Waals surface area contributed by atoms with Crippen LogP contribution >= 0.6 is 0 Å². The van der Waals surface area contributed by atoms with Gasteiger partial charge in [-0.15, -0.1) is 0 Å². The zero-order valence-electron chi connectivity index (χ0n) is 11.4. The van der Waals surface area contributed by atoms with Gasteiger partial charge in [-0.2, -0.15) is 0 Å². The molecule has 1 amide bonds. The van der Waals surface area contributed by atoms with Crippen molar-refractivity contribution in [3.8, 4) is 0 Å². The molecule has 1 fully saturated rings. The van der Waals surface area contributed by atoms with E-state index in [9.17, 15) is 9.18 Å². The standard InChI is InChI=1S/C13H20FN3O2/c1-13(2,3)19-12(18)16-10-6-15-7-11(10)17-5-4-9(14)8-17/h4-5,8,10-11,15H,6-7H2,1-3H3,(H,16,18)/t10-,11?/m1/s1. The van der Waals surface area contributed by atoms with Crippen LogP contribution in [0.5, 0.6) is 0 Å². The third-order valence-corrected chi connectivity index (χ3v) is 2.95. The number of amides is 1. The molecule has 2 heterocycles. The molecule has 6 heteroatoms. The highest BCUT2D eigenvalue weighted by Gasteiger charge is 2.31. The second-order valence-electron chi connectivity index (χ2n) is 5.76. The van der Waals surface area contributed by atoms with Crippen molar-refractivity contribution in [1.29, 1.82) is 0 Å². The first-order valence-corrected chi connectivity index (χ1v) is 6.38. The van der Waals surface area contributed by atoms with Gasteiger partial charge in [0.15, 0.2) is 0 Å². The van der Waals surface area contributed by atoms with Crippen LogP contribution in [0.4, 0.5) is 9.18 Å². The summed E-state index contributed by atoms with van der Waals surface area (Å²) in [4.78, 5) is 11.8. The minimum absolute atomic E-state index is 0.00276. The van der Waals surface area contributed by atoms with E-state index in [2.05, 4.69) is 10.6 Å². The zero-order chi connectivity index (χ0) is 14.0. The molecule has 1 aliphatic rings. The number of hydrogen-bond donors (Lipinski definition) is 2. The third kappa shape index (κ3) is 3.70. The van der Waals surface area contributed by atoms with Crippen LogP contribution in [0.25, 0.3) is 0 Å². The van der Waals surface area contributed by atoms with Crippen LogP contribution in [0.15, 0.2) is 18.5 Å². The lowest BCUT2D eigenvalue weighted by atomic mass is 10.1. The number of carbonyl (C=O) groups is 1. The van der Waals surface area contributed by atoms with E-state index in [-0.39, 0.29) is 17.9 Å². The van der Waals surface area contributed by atoms with E-state index in [0.717, 1.165) is 0 Å². The Labute approximate surface area is 112 Å². The highest BCUT2D eigenvalue weighted by Crippen LogP contribution is 2.18. The zero-order valence-corrected chi connectivity index (χ0v) is 11.4. The first-order chi connectivity index (χ1) is 8.85. The molecule has 2 N–H and O–H groups in total. The molecular formula is C13H20FN3O2. The number of alkyl carbamates (subject to hydrolysis) is 1. The summed E-state index contributed by atoms with van der Waals surface area (Å²) in [6.07, 6.45) is 2.66. The first kappa shape index (κ1) is 13.9. The Hall–Kier alpha value is -1.56. The van der Waals surface area contributed by atoms with E-state index < -0.39 is 11.7 Å². The monoisotopic (exact) mass is 269 g/mol. The fourth-order valence-electron chi connectivity index (χ4n) is 2.18. The van der Waals surface area contributed by atoms with Crippen molar-refractivity contribution in [3.63, 3.8) is 0 Å². The highest BCUT2D eigenvalue weighted by atomic mass is 19.1. The number of ether oxygens (including phenoxy) is 1. The molecule has 1 aliphatic heterocycles. The quantitative estimate of drug-likeness (QED) is 0.858. The number of aromatic nitrogens is 1. The van der Waals surface area contributed by atoms with E-state index in [0.29, 0.717) is 13.1 Å². The average molecular weight is 269 g/mol. The van der Waals surface area contributed by atoms with Crippen LogP contribution in [0, 0.1) is 5.82 Å². The Morgan fingerprint density at radius 3 is 2.84 bits per heavy atom. The number of rotatable bonds is 2. The van der Waals surface area contributed by atoms with E-state index >= 15 is 0 Å². The molecule has 2 rings (SSSR count). The Kier molecular flexibility index (Phi) is 3.80. The minimum atomic E-state index is -0.523. The van der Waals surface area contributed by atoms with Crippen LogP contribution in [-0.2, 0) is 4.74 Å². The van der Waals surface area contributed by atoms with E-state index in [4.69, 9.17) is 4.74 Å². The van der Waals surface area contributed by atoms with Gasteiger partial charge in [0.25, 0.3) is 0 Å².